The monoisotopic (exact) mass is 431 g/mol. The van der Waals surface area contributed by atoms with Crippen LogP contribution >= 0.6 is 0 Å². The summed E-state index contributed by atoms with van der Waals surface area (Å²) in [7, 11) is 1.47. The van der Waals surface area contributed by atoms with Crippen LogP contribution in [0.3, 0.4) is 0 Å². The third-order valence-corrected chi connectivity index (χ3v) is 5.10. The number of ether oxygens (including phenoxy) is 4. The van der Waals surface area contributed by atoms with Gasteiger partial charge in [0.2, 0.25) is 12.7 Å². The molecule has 0 bridgehead atoms. The van der Waals surface area contributed by atoms with Crippen LogP contribution < -0.4 is 14.8 Å². The standard InChI is InChI=1S/C21H25N3O7/c1-27-12-20(25)24(10-15-3-2-6-28-15)11-16-8-17(23-31-16)21(26)22-9-14-4-5-18-19(7-14)30-13-29-18/h4-5,7-8,15H,2-3,6,9-13H2,1H3,(H,22,26). The summed E-state index contributed by atoms with van der Waals surface area (Å²) < 4.78 is 26.5. The molecule has 4 rings (SSSR count). The molecule has 10 nitrogen and oxygen atoms in total. The van der Waals surface area contributed by atoms with Gasteiger partial charge in [-0.1, -0.05) is 11.2 Å². The van der Waals surface area contributed by atoms with Crippen molar-refractivity contribution in [1.82, 2.24) is 15.4 Å². The second-order valence-electron chi connectivity index (χ2n) is 7.39. The molecule has 10 heteroatoms. The topological polar surface area (TPSA) is 112 Å². The second-order valence-corrected chi connectivity index (χ2v) is 7.39. The Morgan fingerprint density at radius 2 is 2.13 bits per heavy atom. The van der Waals surface area contributed by atoms with Crippen LogP contribution in [-0.4, -0.2) is 61.6 Å². The molecular formula is C21H25N3O7. The van der Waals surface area contributed by atoms with Gasteiger partial charge in [-0.2, -0.15) is 0 Å². The summed E-state index contributed by atoms with van der Waals surface area (Å²) in [5.74, 6) is 1.20. The first-order valence-electron chi connectivity index (χ1n) is 10.1. The van der Waals surface area contributed by atoms with Crippen molar-refractivity contribution in [3.05, 3.63) is 41.3 Å². The van der Waals surface area contributed by atoms with Crippen molar-refractivity contribution >= 4 is 11.8 Å². The minimum Gasteiger partial charge on any atom is -0.454 e. The number of aromatic nitrogens is 1. The predicted octanol–water partition coefficient (Wildman–Crippen LogP) is 1.49. The van der Waals surface area contributed by atoms with Crippen molar-refractivity contribution in [2.24, 2.45) is 0 Å². The van der Waals surface area contributed by atoms with Crippen molar-refractivity contribution in [1.29, 1.82) is 0 Å². The number of benzene rings is 1. The van der Waals surface area contributed by atoms with Gasteiger partial charge in [-0.3, -0.25) is 9.59 Å². The van der Waals surface area contributed by atoms with E-state index in [0.29, 0.717) is 37.0 Å². The maximum absolute atomic E-state index is 12.5. The highest BCUT2D eigenvalue weighted by atomic mass is 16.7. The van der Waals surface area contributed by atoms with Gasteiger partial charge in [0.15, 0.2) is 23.0 Å². The lowest BCUT2D eigenvalue weighted by atomic mass is 10.2. The fourth-order valence-electron chi connectivity index (χ4n) is 3.51. The van der Waals surface area contributed by atoms with Gasteiger partial charge in [0.25, 0.3) is 5.91 Å². The number of hydrogen-bond donors (Lipinski definition) is 1. The zero-order valence-corrected chi connectivity index (χ0v) is 17.3. The number of hydrogen-bond acceptors (Lipinski definition) is 8. The summed E-state index contributed by atoms with van der Waals surface area (Å²) in [6, 6.07) is 7.02. The molecule has 1 fully saturated rings. The van der Waals surface area contributed by atoms with Gasteiger partial charge in [-0.05, 0) is 30.5 Å². The molecule has 2 aliphatic heterocycles. The molecule has 3 heterocycles. The summed E-state index contributed by atoms with van der Waals surface area (Å²) in [5.41, 5.74) is 1.02. The summed E-state index contributed by atoms with van der Waals surface area (Å²) in [4.78, 5) is 26.5. The van der Waals surface area contributed by atoms with Crippen LogP contribution in [0.5, 0.6) is 11.5 Å². The number of methoxy groups -OCH3 is 1. The van der Waals surface area contributed by atoms with E-state index >= 15 is 0 Å². The van der Waals surface area contributed by atoms with Crippen LogP contribution in [0.1, 0.15) is 34.7 Å². The first-order valence-corrected chi connectivity index (χ1v) is 10.1. The van der Waals surface area contributed by atoms with E-state index in [0.717, 1.165) is 18.4 Å². The Bertz CT molecular complexity index is 923. The molecule has 166 valence electrons. The molecule has 1 saturated heterocycles. The van der Waals surface area contributed by atoms with Crippen LogP contribution in [-0.2, 0) is 27.4 Å². The summed E-state index contributed by atoms with van der Waals surface area (Å²) >= 11 is 0. The number of amides is 2. The maximum Gasteiger partial charge on any atom is 0.273 e. The molecule has 1 N–H and O–H groups in total. The SMILES string of the molecule is COCC(=O)N(Cc1cc(C(=O)NCc2ccc3c(c2)OCO3)no1)CC1CCCO1. The number of nitrogens with one attached hydrogen (secondary N) is 1. The number of rotatable bonds is 9. The van der Waals surface area contributed by atoms with E-state index in [1.54, 1.807) is 11.0 Å². The summed E-state index contributed by atoms with van der Waals surface area (Å²) in [5, 5.41) is 6.64. The number of carbonyl (C=O) groups is 2. The molecule has 0 spiro atoms. The number of carbonyl (C=O) groups excluding carboxylic acids is 2. The lowest BCUT2D eigenvalue weighted by molar-refractivity contribution is -0.137. The quantitative estimate of drug-likeness (QED) is 0.636. The van der Waals surface area contributed by atoms with Gasteiger partial charge in [0.05, 0.1) is 12.6 Å². The third kappa shape index (κ3) is 5.33. The van der Waals surface area contributed by atoms with Crippen LogP contribution in [0.4, 0.5) is 0 Å². The molecular weight excluding hydrogens is 406 g/mol. The van der Waals surface area contributed by atoms with Gasteiger partial charge >= 0.3 is 0 Å². The Morgan fingerprint density at radius 3 is 2.94 bits per heavy atom. The van der Waals surface area contributed by atoms with E-state index in [-0.39, 0.29) is 43.6 Å². The van der Waals surface area contributed by atoms with Gasteiger partial charge in [-0.15, -0.1) is 0 Å². The highest BCUT2D eigenvalue weighted by Crippen LogP contribution is 2.32. The highest BCUT2D eigenvalue weighted by Gasteiger charge is 2.24. The Kier molecular flexibility index (Phi) is 6.68. The fourth-order valence-corrected chi connectivity index (χ4v) is 3.51. The molecule has 2 amide bonds. The van der Waals surface area contributed by atoms with E-state index in [9.17, 15) is 9.59 Å². The lowest BCUT2D eigenvalue weighted by Gasteiger charge is -2.24. The van der Waals surface area contributed by atoms with Gasteiger partial charge in [-0.25, -0.2) is 0 Å². The normalized spacial score (nSPS) is 17.0. The molecule has 1 atom stereocenters. The zero-order chi connectivity index (χ0) is 21.6. The summed E-state index contributed by atoms with van der Waals surface area (Å²) in [6.45, 7) is 1.79. The van der Waals surface area contributed by atoms with Gasteiger partial charge in [0, 0.05) is 32.9 Å². The van der Waals surface area contributed by atoms with Crippen molar-refractivity contribution in [2.75, 3.05) is 33.7 Å². The first-order chi connectivity index (χ1) is 15.1. The van der Waals surface area contributed by atoms with Crippen LogP contribution in [0.25, 0.3) is 0 Å². The smallest absolute Gasteiger partial charge is 0.273 e. The maximum atomic E-state index is 12.5. The average Bonchev–Trinajstić information content (AvgIpc) is 3.53. The molecule has 1 aromatic carbocycles. The Balaban J connectivity index is 1.34. The second kappa shape index (κ2) is 9.80. The molecule has 1 aromatic heterocycles. The van der Waals surface area contributed by atoms with Crippen LogP contribution in [0.15, 0.2) is 28.8 Å². The Hall–Kier alpha value is -3.11. The minimum atomic E-state index is -0.374. The molecule has 0 saturated carbocycles. The molecule has 0 radical (unpaired) electrons. The van der Waals surface area contributed by atoms with Crippen molar-refractivity contribution in [3.63, 3.8) is 0 Å². The van der Waals surface area contributed by atoms with E-state index in [1.807, 2.05) is 12.1 Å². The van der Waals surface area contributed by atoms with Crippen LogP contribution in [0.2, 0.25) is 0 Å². The van der Waals surface area contributed by atoms with Gasteiger partial charge < -0.3 is 33.7 Å². The predicted molar refractivity (Wildman–Crippen MR) is 107 cm³/mol. The van der Waals surface area contributed by atoms with Crippen molar-refractivity contribution < 1.29 is 33.1 Å². The van der Waals surface area contributed by atoms with Crippen molar-refractivity contribution in [2.45, 2.75) is 32.0 Å². The molecule has 2 aromatic rings. The summed E-state index contributed by atoms with van der Waals surface area (Å²) in [6.07, 6.45) is 1.88. The van der Waals surface area contributed by atoms with E-state index in [2.05, 4.69) is 10.5 Å². The number of nitrogens with zero attached hydrogens (tertiary/aromatic N) is 2. The molecule has 1 unspecified atom stereocenters. The molecule has 2 aliphatic rings. The minimum absolute atomic E-state index is 0.00630. The fraction of sp³-hybridized carbons (Fsp3) is 0.476. The Morgan fingerprint density at radius 1 is 1.26 bits per heavy atom. The number of fused-ring (bicyclic) bond motifs is 1. The highest BCUT2D eigenvalue weighted by molar-refractivity contribution is 5.92. The van der Waals surface area contributed by atoms with Crippen LogP contribution in [0, 0.1) is 0 Å². The third-order valence-electron chi connectivity index (χ3n) is 5.10. The van der Waals surface area contributed by atoms with E-state index in [4.69, 9.17) is 23.5 Å². The largest absolute Gasteiger partial charge is 0.454 e. The Labute approximate surface area is 179 Å². The van der Waals surface area contributed by atoms with Crippen molar-refractivity contribution in [3.8, 4) is 11.5 Å². The zero-order valence-electron chi connectivity index (χ0n) is 17.3. The van der Waals surface area contributed by atoms with E-state index < -0.39 is 0 Å². The first kappa shape index (κ1) is 21.1. The lowest BCUT2D eigenvalue weighted by Crippen LogP contribution is -2.38. The van der Waals surface area contributed by atoms with Gasteiger partial charge in [0.1, 0.15) is 6.61 Å². The van der Waals surface area contributed by atoms with E-state index in [1.165, 1.54) is 13.2 Å². The molecule has 0 aliphatic carbocycles. The molecule has 31 heavy (non-hydrogen) atoms. The average molecular weight is 431 g/mol.